The van der Waals surface area contributed by atoms with Crippen molar-refractivity contribution in [2.75, 3.05) is 7.11 Å². The molecule has 156 valence electrons. The standard InChI is InChI=1S/C25H19BrClNO3/c1-31-25(30)22(14-17-13-18(27)10-11-21(17)26)28-24(29)23-19-8-4-2-6-15(19)12-16-7-3-5-9-20(16)23/h2-13,22H,14H2,1H3,(H,28,29)/t22-/m0/s1. The molecule has 4 rings (SSSR count). The Morgan fingerprint density at radius 3 is 2.19 bits per heavy atom. The molecule has 0 radical (unpaired) electrons. The average molecular weight is 497 g/mol. The van der Waals surface area contributed by atoms with Crippen molar-refractivity contribution in [3.05, 3.63) is 93.4 Å². The third-order valence-corrected chi connectivity index (χ3v) is 6.23. The van der Waals surface area contributed by atoms with Gasteiger partial charge in [-0.2, -0.15) is 0 Å². The van der Waals surface area contributed by atoms with Crippen molar-refractivity contribution in [3.8, 4) is 0 Å². The van der Waals surface area contributed by atoms with Gasteiger partial charge < -0.3 is 10.1 Å². The van der Waals surface area contributed by atoms with Gasteiger partial charge in [-0.15, -0.1) is 0 Å². The highest BCUT2D eigenvalue weighted by Gasteiger charge is 2.25. The van der Waals surface area contributed by atoms with Crippen LogP contribution in [0.3, 0.4) is 0 Å². The van der Waals surface area contributed by atoms with E-state index in [1.54, 1.807) is 12.1 Å². The molecule has 0 aliphatic heterocycles. The molecule has 1 N–H and O–H groups in total. The number of hydrogen-bond acceptors (Lipinski definition) is 3. The van der Waals surface area contributed by atoms with Gasteiger partial charge >= 0.3 is 5.97 Å². The molecule has 0 fully saturated rings. The third-order valence-electron chi connectivity index (χ3n) is 5.22. The minimum absolute atomic E-state index is 0.238. The van der Waals surface area contributed by atoms with Crippen molar-refractivity contribution in [1.82, 2.24) is 5.32 Å². The molecule has 0 aliphatic rings. The first-order valence-corrected chi connectivity index (χ1v) is 10.9. The van der Waals surface area contributed by atoms with Crippen LogP contribution in [0.25, 0.3) is 21.5 Å². The van der Waals surface area contributed by atoms with Gasteiger partial charge in [0.25, 0.3) is 5.91 Å². The summed E-state index contributed by atoms with van der Waals surface area (Å²) in [5.41, 5.74) is 1.33. The maximum Gasteiger partial charge on any atom is 0.328 e. The maximum absolute atomic E-state index is 13.5. The van der Waals surface area contributed by atoms with Crippen molar-refractivity contribution in [3.63, 3.8) is 0 Å². The Kier molecular flexibility index (Phi) is 6.25. The van der Waals surface area contributed by atoms with Gasteiger partial charge in [0, 0.05) is 15.9 Å². The Labute approximate surface area is 193 Å². The van der Waals surface area contributed by atoms with E-state index in [4.69, 9.17) is 16.3 Å². The molecular weight excluding hydrogens is 478 g/mol. The van der Waals surface area contributed by atoms with Crippen LogP contribution >= 0.6 is 27.5 Å². The molecule has 4 nitrogen and oxygen atoms in total. The molecule has 4 aromatic rings. The second kappa shape index (κ2) is 9.08. The number of carbonyl (C=O) groups excluding carboxylic acids is 2. The smallest absolute Gasteiger partial charge is 0.328 e. The molecule has 0 aromatic heterocycles. The normalized spacial score (nSPS) is 12.0. The summed E-state index contributed by atoms with van der Waals surface area (Å²) in [6.07, 6.45) is 0.238. The third kappa shape index (κ3) is 4.43. The second-order valence-electron chi connectivity index (χ2n) is 7.18. The zero-order valence-corrected chi connectivity index (χ0v) is 19.0. The van der Waals surface area contributed by atoms with E-state index in [0.717, 1.165) is 31.6 Å². The van der Waals surface area contributed by atoms with Crippen molar-refractivity contribution >= 4 is 61.0 Å². The van der Waals surface area contributed by atoms with E-state index in [0.29, 0.717) is 10.6 Å². The SMILES string of the molecule is COC(=O)[C@H](Cc1cc(Cl)ccc1Br)NC(=O)c1c2ccccc2cc2ccccc12. The highest BCUT2D eigenvalue weighted by molar-refractivity contribution is 9.10. The summed E-state index contributed by atoms with van der Waals surface area (Å²) in [7, 11) is 1.31. The largest absolute Gasteiger partial charge is 0.467 e. The van der Waals surface area contributed by atoms with Gasteiger partial charge in [0.1, 0.15) is 6.04 Å². The van der Waals surface area contributed by atoms with Gasteiger partial charge in [-0.3, -0.25) is 4.79 Å². The van der Waals surface area contributed by atoms with Crippen LogP contribution in [0.2, 0.25) is 5.02 Å². The number of halogens is 2. The molecule has 31 heavy (non-hydrogen) atoms. The molecular formula is C25H19BrClNO3. The molecule has 0 bridgehead atoms. The van der Waals surface area contributed by atoms with E-state index in [2.05, 4.69) is 27.3 Å². The summed E-state index contributed by atoms with van der Waals surface area (Å²) in [6, 6.07) is 22.0. The van der Waals surface area contributed by atoms with E-state index >= 15 is 0 Å². The van der Waals surface area contributed by atoms with Gasteiger partial charge in [-0.25, -0.2) is 4.79 Å². The lowest BCUT2D eigenvalue weighted by Gasteiger charge is -2.19. The van der Waals surface area contributed by atoms with E-state index in [1.165, 1.54) is 7.11 Å². The zero-order valence-electron chi connectivity index (χ0n) is 16.7. The van der Waals surface area contributed by atoms with E-state index in [-0.39, 0.29) is 12.3 Å². The maximum atomic E-state index is 13.5. The number of methoxy groups -OCH3 is 1. The van der Waals surface area contributed by atoms with E-state index in [9.17, 15) is 9.59 Å². The van der Waals surface area contributed by atoms with Crippen LogP contribution in [-0.2, 0) is 16.0 Å². The van der Waals surface area contributed by atoms with Gasteiger partial charge in [-0.05, 0) is 51.4 Å². The minimum Gasteiger partial charge on any atom is -0.467 e. The van der Waals surface area contributed by atoms with Crippen LogP contribution in [0.5, 0.6) is 0 Å². The lowest BCUT2D eigenvalue weighted by atomic mass is 9.95. The summed E-state index contributed by atoms with van der Waals surface area (Å²) >= 11 is 9.60. The van der Waals surface area contributed by atoms with Crippen LogP contribution in [-0.4, -0.2) is 25.0 Å². The number of ether oxygens (including phenoxy) is 1. The summed E-state index contributed by atoms with van der Waals surface area (Å²) in [5, 5.41) is 7.00. The number of benzene rings is 4. The van der Waals surface area contributed by atoms with Crippen molar-refractivity contribution in [2.45, 2.75) is 12.5 Å². The van der Waals surface area contributed by atoms with Crippen molar-refractivity contribution in [2.24, 2.45) is 0 Å². The first-order chi connectivity index (χ1) is 15.0. The fourth-order valence-corrected chi connectivity index (χ4v) is 4.35. The Balaban J connectivity index is 1.76. The molecule has 1 amide bonds. The lowest BCUT2D eigenvalue weighted by molar-refractivity contribution is -0.142. The topological polar surface area (TPSA) is 55.4 Å². The van der Waals surface area contributed by atoms with E-state index < -0.39 is 12.0 Å². The van der Waals surface area contributed by atoms with Gasteiger partial charge in [0.05, 0.1) is 12.7 Å². The Bertz CT molecular complexity index is 1250. The number of nitrogens with one attached hydrogen (secondary N) is 1. The number of fused-ring (bicyclic) bond motifs is 2. The minimum atomic E-state index is -0.870. The molecule has 0 aliphatic carbocycles. The highest BCUT2D eigenvalue weighted by atomic mass is 79.9. The Morgan fingerprint density at radius 1 is 0.968 bits per heavy atom. The Morgan fingerprint density at radius 2 is 1.58 bits per heavy atom. The van der Waals surface area contributed by atoms with Crippen LogP contribution in [0.15, 0.2) is 77.3 Å². The highest BCUT2D eigenvalue weighted by Crippen LogP contribution is 2.29. The van der Waals surface area contributed by atoms with Crippen LogP contribution in [0.4, 0.5) is 0 Å². The molecule has 6 heteroatoms. The van der Waals surface area contributed by atoms with E-state index in [1.807, 2.05) is 54.6 Å². The van der Waals surface area contributed by atoms with Gasteiger partial charge in [-0.1, -0.05) is 76.1 Å². The molecule has 0 heterocycles. The number of hydrogen-bond donors (Lipinski definition) is 1. The van der Waals surface area contributed by atoms with Crippen LogP contribution in [0, 0.1) is 0 Å². The molecule has 0 saturated carbocycles. The van der Waals surface area contributed by atoms with Crippen molar-refractivity contribution in [1.29, 1.82) is 0 Å². The fraction of sp³-hybridized carbons (Fsp3) is 0.120. The van der Waals surface area contributed by atoms with Gasteiger partial charge in [0.15, 0.2) is 0 Å². The predicted octanol–water partition coefficient (Wildman–Crippen LogP) is 5.92. The van der Waals surface area contributed by atoms with Crippen LogP contribution < -0.4 is 5.32 Å². The monoisotopic (exact) mass is 495 g/mol. The Hall–Kier alpha value is -2.89. The molecule has 0 spiro atoms. The number of amides is 1. The van der Waals surface area contributed by atoms with Crippen molar-refractivity contribution < 1.29 is 14.3 Å². The molecule has 4 aromatic carbocycles. The number of esters is 1. The number of carbonyl (C=O) groups is 2. The summed E-state index contributed by atoms with van der Waals surface area (Å²) in [5.74, 6) is -0.855. The second-order valence-corrected chi connectivity index (χ2v) is 8.47. The molecule has 1 atom stereocenters. The van der Waals surface area contributed by atoms with Crippen LogP contribution in [0.1, 0.15) is 15.9 Å². The first-order valence-electron chi connectivity index (χ1n) is 9.71. The summed E-state index contributed by atoms with van der Waals surface area (Å²) < 4.78 is 5.77. The zero-order chi connectivity index (χ0) is 22.0. The first kappa shape index (κ1) is 21.3. The quantitative estimate of drug-likeness (QED) is 0.275. The van der Waals surface area contributed by atoms with Gasteiger partial charge in [0.2, 0.25) is 0 Å². The summed E-state index contributed by atoms with van der Waals surface area (Å²) in [4.78, 5) is 26.0. The summed E-state index contributed by atoms with van der Waals surface area (Å²) in [6.45, 7) is 0. The lowest BCUT2D eigenvalue weighted by Crippen LogP contribution is -2.43. The molecule has 0 saturated heterocycles. The average Bonchev–Trinajstić information content (AvgIpc) is 2.78. The predicted molar refractivity (Wildman–Crippen MR) is 128 cm³/mol. The number of rotatable bonds is 5. The fourth-order valence-electron chi connectivity index (χ4n) is 3.74. The molecule has 0 unspecified atom stereocenters.